The van der Waals surface area contributed by atoms with Gasteiger partial charge in [-0.1, -0.05) is 77.3 Å². The Bertz CT molecular complexity index is 1730. The number of hydrogen-bond acceptors (Lipinski definition) is 8. The van der Waals surface area contributed by atoms with Gasteiger partial charge in [0.1, 0.15) is 9.83 Å². The maximum absolute atomic E-state index is 4.64. The number of anilines is 1. The van der Waals surface area contributed by atoms with Gasteiger partial charge in [0, 0.05) is 28.9 Å². The Labute approximate surface area is 209 Å². The molecule has 6 aromatic rings. The fourth-order valence-corrected chi connectivity index (χ4v) is 5.96. The van der Waals surface area contributed by atoms with Crippen molar-refractivity contribution in [2.24, 2.45) is 20.5 Å². The number of hydrogen-bond donors (Lipinski definition) is 1. The van der Waals surface area contributed by atoms with E-state index in [1.807, 2.05) is 55.6 Å². The molecule has 0 unspecified atom stereocenters. The molecular weight excluding hydrogens is 472 g/mol. The summed E-state index contributed by atoms with van der Waals surface area (Å²) in [5, 5.41) is 27.1. The molecule has 0 saturated carbocycles. The van der Waals surface area contributed by atoms with Crippen molar-refractivity contribution in [2.75, 3.05) is 12.4 Å². The molecule has 0 amide bonds. The van der Waals surface area contributed by atoms with Crippen molar-refractivity contribution >= 4 is 80.9 Å². The van der Waals surface area contributed by atoms with Crippen molar-refractivity contribution < 1.29 is 0 Å². The first-order valence-electron chi connectivity index (χ1n) is 11.1. The first-order valence-corrected chi connectivity index (χ1v) is 12.7. The molecule has 4 aromatic carbocycles. The van der Waals surface area contributed by atoms with Crippen molar-refractivity contribution in [1.82, 2.24) is 4.98 Å². The van der Waals surface area contributed by atoms with Crippen LogP contribution in [-0.2, 0) is 0 Å². The summed E-state index contributed by atoms with van der Waals surface area (Å²) in [6.07, 6.45) is 0. The number of aryl methyl sites for hydroxylation is 1. The van der Waals surface area contributed by atoms with Gasteiger partial charge in [-0.2, -0.15) is 0 Å². The number of azo groups is 2. The van der Waals surface area contributed by atoms with Gasteiger partial charge in [0.2, 0.25) is 5.13 Å². The highest BCUT2D eigenvalue weighted by Crippen LogP contribution is 2.40. The predicted octanol–water partition coefficient (Wildman–Crippen LogP) is 9.85. The zero-order valence-electron chi connectivity index (χ0n) is 19.1. The van der Waals surface area contributed by atoms with E-state index in [2.05, 4.69) is 68.0 Å². The van der Waals surface area contributed by atoms with Gasteiger partial charge >= 0.3 is 0 Å². The Balaban J connectivity index is 1.26. The Morgan fingerprint density at radius 3 is 2.09 bits per heavy atom. The average molecular weight is 493 g/mol. The highest BCUT2D eigenvalue weighted by molar-refractivity contribution is 7.30. The molecular formula is C27H20N6S2. The molecule has 0 spiro atoms. The van der Waals surface area contributed by atoms with Crippen LogP contribution in [0, 0.1) is 6.92 Å². The fraction of sp³-hybridized carbons (Fsp3) is 0.0741. The Hall–Kier alpha value is -4.01. The van der Waals surface area contributed by atoms with Gasteiger partial charge in [-0.05, 0) is 42.1 Å². The summed E-state index contributed by atoms with van der Waals surface area (Å²) in [5.41, 5.74) is 3.97. The Morgan fingerprint density at radius 1 is 0.686 bits per heavy atom. The van der Waals surface area contributed by atoms with Crippen LogP contribution < -0.4 is 5.32 Å². The monoisotopic (exact) mass is 492 g/mol. The normalized spacial score (nSPS) is 12.1. The zero-order chi connectivity index (χ0) is 23.8. The van der Waals surface area contributed by atoms with Gasteiger partial charge in [-0.3, -0.25) is 0 Å². The molecule has 6 nitrogen and oxygen atoms in total. The molecule has 0 bridgehead atoms. The van der Waals surface area contributed by atoms with Crippen LogP contribution in [0.5, 0.6) is 0 Å². The quantitative estimate of drug-likeness (QED) is 0.243. The minimum atomic E-state index is 0.626. The first kappa shape index (κ1) is 21.5. The van der Waals surface area contributed by atoms with Crippen LogP contribution in [0.3, 0.4) is 0 Å². The molecule has 0 aliphatic rings. The number of aromatic nitrogens is 1. The molecule has 6 rings (SSSR count). The van der Waals surface area contributed by atoms with Gasteiger partial charge in [0.05, 0.1) is 16.1 Å². The summed E-state index contributed by atoms with van der Waals surface area (Å²) in [6, 6.07) is 26.5. The fourth-order valence-electron chi connectivity index (χ4n) is 4.11. The molecule has 2 heterocycles. The highest BCUT2D eigenvalue weighted by atomic mass is 32.1. The lowest BCUT2D eigenvalue weighted by Gasteiger charge is -2.07. The first-order chi connectivity index (χ1) is 17.2. The van der Waals surface area contributed by atoms with Crippen molar-refractivity contribution in [1.29, 1.82) is 0 Å². The number of thiophene rings is 1. The van der Waals surface area contributed by atoms with Crippen molar-refractivity contribution in [2.45, 2.75) is 6.92 Å². The minimum absolute atomic E-state index is 0.626. The zero-order valence-corrected chi connectivity index (χ0v) is 20.7. The molecule has 2 aromatic heterocycles. The topological polar surface area (TPSA) is 74.4 Å². The molecule has 1 N–H and O–H groups in total. The third-order valence-corrected chi connectivity index (χ3v) is 7.78. The van der Waals surface area contributed by atoms with E-state index in [0.29, 0.717) is 5.13 Å². The summed E-state index contributed by atoms with van der Waals surface area (Å²) in [4.78, 5) is 5.53. The Morgan fingerprint density at radius 2 is 1.34 bits per heavy atom. The number of fused-ring (bicyclic) bond motifs is 3. The van der Waals surface area contributed by atoms with Crippen LogP contribution in [0.4, 0.5) is 27.2 Å². The van der Waals surface area contributed by atoms with Crippen LogP contribution in [0.15, 0.2) is 99.3 Å². The molecule has 0 saturated heterocycles. The van der Waals surface area contributed by atoms with Gasteiger partial charge in [-0.25, -0.2) is 4.98 Å². The van der Waals surface area contributed by atoms with Crippen LogP contribution in [-0.4, -0.2) is 12.0 Å². The second-order valence-corrected chi connectivity index (χ2v) is 10.0. The second-order valence-electron chi connectivity index (χ2n) is 8.03. The van der Waals surface area contributed by atoms with Crippen LogP contribution in [0.25, 0.3) is 31.1 Å². The molecule has 35 heavy (non-hydrogen) atoms. The molecule has 8 heteroatoms. The van der Waals surface area contributed by atoms with Crippen LogP contribution >= 0.6 is 22.7 Å². The largest absolute Gasteiger partial charge is 0.388 e. The van der Waals surface area contributed by atoms with E-state index < -0.39 is 0 Å². The van der Waals surface area contributed by atoms with E-state index in [1.54, 1.807) is 0 Å². The predicted molar refractivity (Wildman–Crippen MR) is 148 cm³/mol. The maximum Gasteiger partial charge on any atom is 0.231 e. The molecule has 0 radical (unpaired) electrons. The number of nitrogens with zero attached hydrogens (tertiary/aromatic N) is 5. The third-order valence-electron chi connectivity index (χ3n) is 5.85. The Kier molecular flexibility index (Phi) is 5.52. The van der Waals surface area contributed by atoms with Crippen molar-refractivity contribution in [3.8, 4) is 0 Å². The van der Waals surface area contributed by atoms with Crippen molar-refractivity contribution in [3.63, 3.8) is 0 Å². The van der Waals surface area contributed by atoms with E-state index in [1.165, 1.54) is 33.6 Å². The number of thiazole rings is 1. The van der Waals surface area contributed by atoms with Gasteiger partial charge in [0.15, 0.2) is 0 Å². The standard InChI is InChI=1S/C27H20N6S2/c1-16-11-12-22(18-8-4-3-7-17(16)18)30-32-25-15-24-26(35-25)29-27(34-24)33-31-23-14-13-21(28-2)19-9-5-6-10-20(19)23/h3-15,28H,1-2H3. The minimum Gasteiger partial charge on any atom is -0.388 e. The summed E-state index contributed by atoms with van der Waals surface area (Å²) in [5.74, 6) is 0. The SMILES string of the molecule is CNc1ccc(N=Nc2nc3sc(N=Nc4ccc(C)c5ccccc45)cc3s2)c2ccccc12. The lowest BCUT2D eigenvalue weighted by Crippen LogP contribution is -1.88. The summed E-state index contributed by atoms with van der Waals surface area (Å²) >= 11 is 3.01. The number of benzene rings is 4. The van der Waals surface area contributed by atoms with Gasteiger partial charge < -0.3 is 5.32 Å². The lowest BCUT2D eigenvalue weighted by molar-refractivity contribution is 1.22. The average Bonchev–Trinajstić information content (AvgIpc) is 3.45. The summed E-state index contributed by atoms with van der Waals surface area (Å²) < 4.78 is 1.03. The maximum atomic E-state index is 4.64. The van der Waals surface area contributed by atoms with E-state index in [0.717, 1.165) is 47.8 Å². The molecule has 170 valence electrons. The number of nitrogens with one attached hydrogen (secondary N) is 1. The molecule has 0 atom stereocenters. The molecule has 0 aliphatic heterocycles. The lowest BCUT2D eigenvalue weighted by atomic mass is 10.0. The van der Waals surface area contributed by atoms with Crippen molar-refractivity contribution in [3.05, 3.63) is 84.4 Å². The van der Waals surface area contributed by atoms with E-state index in [9.17, 15) is 0 Å². The number of rotatable bonds is 5. The molecule has 0 fully saturated rings. The van der Waals surface area contributed by atoms with E-state index >= 15 is 0 Å². The van der Waals surface area contributed by atoms with E-state index in [-0.39, 0.29) is 0 Å². The second kappa shape index (κ2) is 8.98. The molecule has 0 aliphatic carbocycles. The third kappa shape index (κ3) is 4.07. The van der Waals surface area contributed by atoms with Gasteiger partial charge in [0.25, 0.3) is 0 Å². The van der Waals surface area contributed by atoms with Gasteiger partial charge in [-0.15, -0.1) is 20.5 Å². The van der Waals surface area contributed by atoms with Crippen LogP contribution in [0.1, 0.15) is 5.56 Å². The smallest absolute Gasteiger partial charge is 0.231 e. The summed E-state index contributed by atoms with van der Waals surface area (Å²) in [6.45, 7) is 2.11. The highest BCUT2D eigenvalue weighted by Gasteiger charge is 2.10. The van der Waals surface area contributed by atoms with Crippen LogP contribution in [0.2, 0.25) is 0 Å². The van der Waals surface area contributed by atoms with E-state index in [4.69, 9.17) is 0 Å². The summed E-state index contributed by atoms with van der Waals surface area (Å²) in [7, 11) is 1.92.